The number of nitrogens with two attached hydrogens (primary N) is 1. The van der Waals surface area contributed by atoms with Crippen LogP contribution in [0.3, 0.4) is 0 Å². The quantitative estimate of drug-likeness (QED) is 0.714. The minimum atomic E-state index is -0.810. The number of fused-ring (bicyclic) bond motifs is 1. The fourth-order valence-corrected chi connectivity index (χ4v) is 1.98. The van der Waals surface area contributed by atoms with Crippen molar-refractivity contribution >= 4 is 34.3 Å². The van der Waals surface area contributed by atoms with Gasteiger partial charge in [-0.05, 0) is 12.1 Å². The van der Waals surface area contributed by atoms with Crippen molar-refractivity contribution in [1.29, 1.82) is 0 Å². The summed E-state index contributed by atoms with van der Waals surface area (Å²) < 4.78 is 5.86. The SMILES string of the molecule is Nc1ccc2c(c1)oc(=O)n2C(=O)C1=NNC(=O)CC1. The van der Waals surface area contributed by atoms with Crippen LogP contribution in [0.4, 0.5) is 5.69 Å². The smallest absolute Gasteiger partial charge is 0.407 e. The summed E-state index contributed by atoms with van der Waals surface area (Å²) in [5.74, 6) is -1.69. The van der Waals surface area contributed by atoms with E-state index < -0.39 is 11.7 Å². The van der Waals surface area contributed by atoms with Crippen LogP contribution in [0.15, 0.2) is 32.5 Å². The highest BCUT2D eigenvalue weighted by atomic mass is 16.4. The van der Waals surface area contributed by atoms with Crippen molar-refractivity contribution in [1.82, 2.24) is 9.99 Å². The van der Waals surface area contributed by atoms with E-state index in [2.05, 4.69) is 10.5 Å². The molecule has 8 heteroatoms. The number of oxazole rings is 1. The summed E-state index contributed by atoms with van der Waals surface area (Å²) in [7, 11) is 0. The van der Waals surface area contributed by atoms with E-state index in [1.165, 1.54) is 12.1 Å². The second-order valence-corrected chi connectivity index (χ2v) is 4.33. The molecule has 0 bridgehead atoms. The zero-order valence-electron chi connectivity index (χ0n) is 10.3. The Bertz CT molecular complexity index is 814. The third-order valence-electron chi connectivity index (χ3n) is 2.96. The largest absolute Gasteiger partial charge is 0.427 e. The first kappa shape index (κ1) is 12.2. The lowest BCUT2D eigenvalue weighted by Gasteiger charge is -2.10. The first-order valence-electron chi connectivity index (χ1n) is 5.87. The Balaban J connectivity index is 2.10. The molecule has 3 rings (SSSR count). The highest BCUT2D eigenvalue weighted by Gasteiger charge is 2.24. The number of rotatable bonds is 1. The van der Waals surface area contributed by atoms with Gasteiger partial charge in [-0.15, -0.1) is 0 Å². The molecule has 0 saturated carbocycles. The molecule has 102 valence electrons. The fraction of sp³-hybridized carbons (Fsp3) is 0.167. The number of hydrogen-bond acceptors (Lipinski definition) is 6. The first-order valence-corrected chi connectivity index (χ1v) is 5.87. The van der Waals surface area contributed by atoms with Crippen LogP contribution >= 0.6 is 0 Å². The van der Waals surface area contributed by atoms with Crippen LogP contribution in [0.5, 0.6) is 0 Å². The van der Waals surface area contributed by atoms with Gasteiger partial charge in [0.1, 0.15) is 5.71 Å². The van der Waals surface area contributed by atoms with Gasteiger partial charge in [-0.3, -0.25) is 9.59 Å². The maximum atomic E-state index is 12.3. The molecule has 1 aliphatic heterocycles. The van der Waals surface area contributed by atoms with Crippen LogP contribution in [0.1, 0.15) is 17.6 Å². The van der Waals surface area contributed by atoms with Gasteiger partial charge in [-0.25, -0.2) is 14.8 Å². The number of carbonyl (C=O) groups is 2. The zero-order chi connectivity index (χ0) is 14.3. The predicted molar refractivity (Wildman–Crippen MR) is 70.3 cm³/mol. The van der Waals surface area contributed by atoms with Crippen LogP contribution < -0.4 is 16.9 Å². The van der Waals surface area contributed by atoms with Crippen molar-refractivity contribution in [2.24, 2.45) is 5.10 Å². The van der Waals surface area contributed by atoms with Gasteiger partial charge in [-0.2, -0.15) is 5.10 Å². The van der Waals surface area contributed by atoms with Gasteiger partial charge < -0.3 is 10.2 Å². The molecule has 0 aliphatic carbocycles. The monoisotopic (exact) mass is 274 g/mol. The number of hydrogen-bond donors (Lipinski definition) is 2. The third-order valence-corrected chi connectivity index (χ3v) is 2.96. The van der Waals surface area contributed by atoms with Gasteiger partial charge in [0.15, 0.2) is 5.58 Å². The molecule has 2 heterocycles. The summed E-state index contributed by atoms with van der Waals surface area (Å²) in [6.07, 6.45) is 0.334. The summed E-state index contributed by atoms with van der Waals surface area (Å²) in [5.41, 5.74) is 8.87. The molecule has 1 amide bonds. The number of nitrogens with one attached hydrogen (secondary N) is 1. The summed E-state index contributed by atoms with van der Waals surface area (Å²) in [6, 6.07) is 4.55. The normalized spacial score (nSPS) is 15.0. The van der Waals surface area contributed by atoms with E-state index in [1.54, 1.807) is 6.07 Å². The Morgan fingerprint density at radius 2 is 2.15 bits per heavy atom. The fourth-order valence-electron chi connectivity index (χ4n) is 1.98. The Kier molecular flexibility index (Phi) is 2.63. The third kappa shape index (κ3) is 1.87. The molecule has 0 saturated heterocycles. The van der Waals surface area contributed by atoms with Crippen LogP contribution in [0.25, 0.3) is 11.1 Å². The second kappa shape index (κ2) is 4.34. The van der Waals surface area contributed by atoms with Gasteiger partial charge in [0, 0.05) is 24.6 Å². The molecule has 1 aromatic carbocycles. The van der Waals surface area contributed by atoms with Crippen LogP contribution in [-0.4, -0.2) is 22.1 Å². The minimum absolute atomic E-state index is 0.103. The van der Waals surface area contributed by atoms with Gasteiger partial charge >= 0.3 is 5.76 Å². The Hall–Kier alpha value is -2.90. The molecule has 0 spiro atoms. The molecule has 1 aliphatic rings. The summed E-state index contributed by atoms with van der Waals surface area (Å²) in [6.45, 7) is 0. The van der Waals surface area contributed by atoms with E-state index in [-0.39, 0.29) is 30.0 Å². The Labute approximate surface area is 111 Å². The highest BCUT2D eigenvalue weighted by molar-refractivity contribution is 6.41. The number of anilines is 1. The number of nitrogens with zero attached hydrogens (tertiary/aromatic N) is 2. The molecule has 8 nitrogen and oxygen atoms in total. The maximum Gasteiger partial charge on any atom is 0.427 e. The lowest BCUT2D eigenvalue weighted by atomic mass is 10.1. The van der Waals surface area contributed by atoms with Gasteiger partial charge in [-0.1, -0.05) is 0 Å². The molecule has 1 aromatic heterocycles. The molecule has 0 unspecified atom stereocenters. The Morgan fingerprint density at radius 1 is 1.35 bits per heavy atom. The van der Waals surface area contributed by atoms with E-state index in [4.69, 9.17) is 10.2 Å². The van der Waals surface area contributed by atoms with E-state index in [0.29, 0.717) is 11.2 Å². The number of aromatic nitrogens is 1. The van der Waals surface area contributed by atoms with Crippen molar-refractivity contribution in [3.05, 3.63) is 28.7 Å². The van der Waals surface area contributed by atoms with E-state index in [1.807, 2.05) is 0 Å². The highest BCUT2D eigenvalue weighted by Crippen LogP contribution is 2.17. The molecule has 20 heavy (non-hydrogen) atoms. The van der Waals surface area contributed by atoms with Crippen molar-refractivity contribution in [2.75, 3.05) is 5.73 Å². The van der Waals surface area contributed by atoms with Crippen molar-refractivity contribution < 1.29 is 14.0 Å². The predicted octanol–water partition coefficient (Wildman–Crippen LogP) is 0.0829. The molecule has 0 fully saturated rings. The summed E-state index contributed by atoms with van der Waals surface area (Å²) >= 11 is 0. The van der Waals surface area contributed by atoms with Crippen molar-refractivity contribution in [2.45, 2.75) is 12.8 Å². The lowest BCUT2D eigenvalue weighted by molar-refractivity contribution is -0.121. The van der Waals surface area contributed by atoms with Crippen LogP contribution in [-0.2, 0) is 4.79 Å². The minimum Gasteiger partial charge on any atom is -0.407 e. The molecular formula is C12H10N4O4. The first-order chi connectivity index (χ1) is 9.56. The van der Waals surface area contributed by atoms with Crippen LogP contribution in [0.2, 0.25) is 0 Å². The summed E-state index contributed by atoms with van der Waals surface area (Å²) in [4.78, 5) is 35.1. The number of amides is 1. The molecule has 3 N–H and O–H groups in total. The number of benzene rings is 1. The topological polar surface area (TPSA) is 120 Å². The van der Waals surface area contributed by atoms with E-state index >= 15 is 0 Å². The van der Waals surface area contributed by atoms with Gasteiger partial charge in [0.05, 0.1) is 5.52 Å². The standard InChI is InChI=1S/C12H10N4O4/c13-6-1-3-8-9(5-6)20-12(19)16(8)11(18)7-2-4-10(17)15-14-7/h1,3,5H,2,4,13H2,(H,15,17). The average Bonchev–Trinajstić information content (AvgIpc) is 2.73. The molecule has 0 radical (unpaired) electrons. The zero-order valence-corrected chi connectivity index (χ0v) is 10.3. The second-order valence-electron chi connectivity index (χ2n) is 4.33. The molecular weight excluding hydrogens is 264 g/mol. The number of nitrogen functional groups attached to an aromatic ring is 1. The molecule has 0 atom stereocenters. The van der Waals surface area contributed by atoms with Crippen LogP contribution in [0, 0.1) is 0 Å². The lowest BCUT2D eigenvalue weighted by Crippen LogP contribution is -2.35. The van der Waals surface area contributed by atoms with Gasteiger partial charge in [0.2, 0.25) is 5.91 Å². The maximum absolute atomic E-state index is 12.3. The van der Waals surface area contributed by atoms with E-state index in [9.17, 15) is 14.4 Å². The number of carbonyl (C=O) groups excluding carboxylic acids is 2. The van der Waals surface area contributed by atoms with E-state index in [0.717, 1.165) is 4.57 Å². The Morgan fingerprint density at radius 3 is 2.85 bits per heavy atom. The van der Waals surface area contributed by atoms with Crippen molar-refractivity contribution in [3.8, 4) is 0 Å². The van der Waals surface area contributed by atoms with Crippen molar-refractivity contribution in [3.63, 3.8) is 0 Å². The number of hydrazone groups is 1. The van der Waals surface area contributed by atoms with Gasteiger partial charge in [0.25, 0.3) is 5.91 Å². The summed E-state index contributed by atoms with van der Waals surface area (Å²) in [5, 5.41) is 3.67. The average molecular weight is 274 g/mol. The molecule has 2 aromatic rings.